The third-order valence-corrected chi connectivity index (χ3v) is 4.49. The lowest BCUT2D eigenvalue weighted by Crippen LogP contribution is -2.33. The van der Waals surface area contributed by atoms with Crippen molar-refractivity contribution in [2.45, 2.75) is 64.2 Å². The quantitative estimate of drug-likeness (QED) is 0.582. The molecule has 142 valence electrons. The molecule has 8 nitrogen and oxygen atoms in total. The summed E-state index contributed by atoms with van der Waals surface area (Å²) in [5.74, 6) is 0. The van der Waals surface area contributed by atoms with Gasteiger partial charge in [-0.15, -0.1) is 0 Å². The predicted molar refractivity (Wildman–Crippen MR) is 94.5 cm³/mol. The van der Waals surface area contributed by atoms with Gasteiger partial charge in [-0.1, -0.05) is 0 Å². The number of ether oxygens (including phenoxy) is 3. The number of fused-ring (bicyclic) bond motifs is 1. The van der Waals surface area contributed by atoms with Crippen LogP contribution in [0.25, 0.3) is 11.0 Å². The maximum Gasteiger partial charge on any atom is 0.224 e. The van der Waals surface area contributed by atoms with Gasteiger partial charge in [0, 0.05) is 36.8 Å². The van der Waals surface area contributed by atoms with Crippen LogP contribution in [-0.2, 0) is 20.8 Å². The lowest BCUT2D eigenvalue weighted by molar-refractivity contribution is -0.237. The molecule has 2 aliphatic heterocycles. The van der Waals surface area contributed by atoms with Crippen LogP contribution in [0.4, 0.5) is 0 Å². The van der Waals surface area contributed by atoms with Crippen LogP contribution in [0.1, 0.15) is 39.0 Å². The Labute approximate surface area is 156 Å². The maximum absolute atomic E-state index is 9.45. The summed E-state index contributed by atoms with van der Waals surface area (Å²) in [6.07, 6.45) is 1.11. The van der Waals surface area contributed by atoms with Crippen molar-refractivity contribution in [2.24, 2.45) is 0 Å². The molecule has 0 aliphatic carbocycles. The summed E-state index contributed by atoms with van der Waals surface area (Å²) >= 11 is 5.97. The van der Waals surface area contributed by atoms with Crippen LogP contribution in [0.5, 0.6) is 0 Å². The first kappa shape index (κ1) is 18.1. The van der Waals surface area contributed by atoms with E-state index in [4.69, 9.17) is 25.8 Å². The zero-order valence-electron chi connectivity index (χ0n) is 15.0. The van der Waals surface area contributed by atoms with E-state index in [1.54, 1.807) is 6.20 Å². The molecule has 4 atom stereocenters. The molecule has 0 aromatic carbocycles. The number of epoxide rings is 1. The molecule has 0 spiro atoms. The highest BCUT2D eigenvalue weighted by Gasteiger charge is 2.42. The number of hydrogen-bond donors (Lipinski definition) is 2. The average Bonchev–Trinajstić information content (AvgIpc) is 3.13. The number of hydrogen-bond acceptors (Lipinski definition) is 7. The van der Waals surface area contributed by atoms with E-state index in [1.165, 1.54) is 0 Å². The molecule has 0 saturated carbocycles. The van der Waals surface area contributed by atoms with Gasteiger partial charge in [0.1, 0.15) is 11.8 Å². The van der Waals surface area contributed by atoms with Gasteiger partial charge in [-0.25, -0.2) is 4.98 Å². The van der Waals surface area contributed by atoms with Crippen LogP contribution < -0.4 is 5.32 Å². The lowest BCUT2D eigenvalue weighted by Gasteiger charge is -2.32. The monoisotopic (exact) mass is 382 g/mol. The number of nitrogens with one attached hydrogen (secondary N) is 1. The van der Waals surface area contributed by atoms with Gasteiger partial charge in [-0.05, 0) is 38.4 Å². The molecule has 2 N–H and O–H groups in total. The van der Waals surface area contributed by atoms with Crippen molar-refractivity contribution in [3.05, 3.63) is 23.2 Å². The van der Waals surface area contributed by atoms with Gasteiger partial charge < -0.3 is 23.9 Å². The van der Waals surface area contributed by atoms with E-state index in [1.807, 2.05) is 26.8 Å². The number of aliphatic hydroxyl groups excluding tert-OH is 1. The fraction of sp³-hybridized carbons (Fsp3) is 0.647. The highest BCUT2D eigenvalue weighted by atomic mass is 35.5. The van der Waals surface area contributed by atoms with Crippen molar-refractivity contribution in [3.63, 3.8) is 0 Å². The number of aromatic nitrogens is 3. The van der Waals surface area contributed by atoms with Gasteiger partial charge >= 0.3 is 0 Å². The molecule has 0 bridgehead atoms. The molecule has 26 heavy (non-hydrogen) atoms. The summed E-state index contributed by atoms with van der Waals surface area (Å²) in [6, 6.07) is 1.99. The Balaban J connectivity index is 1.44. The van der Waals surface area contributed by atoms with E-state index >= 15 is 0 Å². The van der Waals surface area contributed by atoms with E-state index in [2.05, 4.69) is 19.9 Å². The highest BCUT2D eigenvalue weighted by molar-refractivity contribution is 6.28. The molecule has 4 heterocycles. The van der Waals surface area contributed by atoms with Gasteiger partial charge in [0.15, 0.2) is 18.8 Å². The van der Waals surface area contributed by atoms with Crippen molar-refractivity contribution >= 4 is 22.6 Å². The number of nitrogens with zero attached hydrogens (tertiary/aromatic N) is 3. The fourth-order valence-corrected chi connectivity index (χ4v) is 3.22. The fourth-order valence-electron chi connectivity index (χ4n) is 3.09. The summed E-state index contributed by atoms with van der Waals surface area (Å²) in [4.78, 5) is 8.39. The van der Waals surface area contributed by atoms with Crippen LogP contribution >= 0.6 is 11.6 Å². The Hall–Kier alpha value is -1.29. The van der Waals surface area contributed by atoms with Crippen LogP contribution in [0.15, 0.2) is 12.3 Å². The third-order valence-electron chi connectivity index (χ3n) is 4.31. The first-order valence-corrected chi connectivity index (χ1v) is 9.10. The Bertz CT molecular complexity index is 800. The normalized spacial score (nSPS) is 28.3. The summed E-state index contributed by atoms with van der Waals surface area (Å²) in [5.41, 5.74) is 1.48. The highest BCUT2D eigenvalue weighted by Crippen LogP contribution is 2.36. The Morgan fingerprint density at radius 1 is 1.42 bits per heavy atom. The second-order valence-corrected chi connectivity index (χ2v) is 7.90. The molecule has 2 fully saturated rings. The maximum atomic E-state index is 9.45. The van der Waals surface area contributed by atoms with E-state index in [0.29, 0.717) is 19.5 Å². The van der Waals surface area contributed by atoms with Gasteiger partial charge in [0.2, 0.25) is 5.28 Å². The molecule has 4 rings (SSSR count). The molecule has 2 aliphatic rings. The smallest absolute Gasteiger partial charge is 0.224 e. The van der Waals surface area contributed by atoms with E-state index in [9.17, 15) is 5.11 Å². The van der Waals surface area contributed by atoms with E-state index in [0.717, 1.165) is 16.7 Å². The summed E-state index contributed by atoms with van der Waals surface area (Å²) in [5, 5.41) is 13.9. The predicted octanol–water partition coefficient (Wildman–Crippen LogP) is 1.95. The van der Waals surface area contributed by atoms with Crippen LogP contribution in [-0.4, -0.2) is 50.6 Å². The average molecular weight is 383 g/mol. The molecule has 4 unspecified atom stereocenters. The van der Waals surface area contributed by atoms with Crippen molar-refractivity contribution in [1.82, 2.24) is 19.9 Å². The van der Waals surface area contributed by atoms with Gasteiger partial charge in [-0.2, -0.15) is 4.98 Å². The topological polar surface area (TPSA) is 94.0 Å². The van der Waals surface area contributed by atoms with Gasteiger partial charge in [0.05, 0.1) is 5.60 Å². The lowest BCUT2D eigenvalue weighted by atomic mass is 10.1. The van der Waals surface area contributed by atoms with Crippen molar-refractivity contribution in [2.75, 3.05) is 6.54 Å². The Morgan fingerprint density at radius 2 is 2.19 bits per heavy atom. The minimum Gasteiger partial charge on any atom is -0.368 e. The Morgan fingerprint density at radius 3 is 2.88 bits per heavy atom. The van der Waals surface area contributed by atoms with Gasteiger partial charge in [0.25, 0.3) is 0 Å². The second kappa shape index (κ2) is 6.70. The summed E-state index contributed by atoms with van der Waals surface area (Å²) < 4.78 is 18.7. The zero-order chi connectivity index (χ0) is 18.5. The minimum atomic E-state index is -0.700. The molecule has 0 radical (unpaired) electrons. The van der Waals surface area contributed by atoms with E-state index in [-0.39, 0.29) is 29.5 Å². The molecule has 2 aromatic rings. The molecular formula is C17H23ClN4O4. The van der Waals surface area contributed by atoms with Crippen LogP contribution in [0.2, 0.25) is 5.28 Å². The third kappa shape index (κ3) is 3.85. The Kier molecular flexibility index (Phi) is 4.66. The van der Waals surface area contributed by atoms with Crippen molar-refractivity contribution < 1.29 is 19.3 Å². The second-order valence-electron chi connectivity index (χ2n) is 7.56. The SMILES string of the molecule is CC(C)(C)OC1OC1NCCn1c(C2CC(O)O2)cc2cnc(Cl)nc21. The number of halogens is 1. The first-order valence-electron chi connectivity index (χ1n) is 8.72. The first-order chi connectivity index (χ1) is 12.3. The molecule has 2 aromatic heterocycles. The molecule has 0 amide bonds. The van der Waals surface area contributed by atoms with Crippen LogP contribution in [0, 0.1) is 0 Å². The summed E-state index contributed by atoms with van der Waals surface area (Å²) in [7, 11) is 0. The number of rotatable bonds is 6. The zero-order valence-corrected chi connectivity index (χ0v) is 15.7. The molecule has 2 saturated heterocycles. The van der Waals surface area contributed by atoms with Gasteiger partial charge in [-0.3, -0.25) is 5.32 Å². The summed E-state index contributed by atoms with van der Waals surface area (Å²) in [6.45, 7) is 7.33. The van der Waals surface area contributed by atoms with E-state index < -0.39 is 6.29 Å². The minimum absolute atomic E-state index is 0.0977. The largest absolute Gasteiger partial charge is 0.368 e. The standard InChI is InChI=1S/C17H23ClN4O4/c1-17(2,3)26-15-14(25-15)19-4-5-22-10(11-7-12(23)24-11)6-9-8-20-16(18)21-13(9)22/h6,8,11-12,14-15,19,23H,4-5,7H2,1-3H3. The van der Waals surface area contributed by atoms with Crippen molar-refractivity contribution in [3.8, 4) is 0 Å². The van der Waals surface area contributed by atoms with Crippen molar-refractivity contribution in [1.29, 1.82) is 0 Å². The molecular weight excluding hydrogens is 360 g/mol. The number of aliphatic hydroxyl groups is 1. The molecule has 9 heteroatoms. The van der Waals surface area contributed by atoms with Crippen LogP contribution in [0.3, 0.4) is 0 Å².